The number of aryl methyl sites for hydroxylation is 1. The summed E-state index contributed by atoms with van der Waals surface area (Å²) in [7, 11) is 0. The van der Waals surface area contributed by atoms with Crippen molar-refractivity contribution in [1.82, 2.24) is 4.98 Å². The van der Waals surface area contributed by atoms with Crippen molar-refractivity contribution >= 4 is 0 Å². The molecule has 0 saturated heterocycles. The summed E-state index contributed by atoms with van der Waals surface area (Å²) in [4.78, 5) is 4.33. The van der Waals surface area contributed by atoms with E-state index in [1.54, 1.807) is 0 Å². The third-order valence-corrected chi connectivity index (χ3v) is 3.47. The van der Waals surface area contributed by atoms with Gasteiger partial charge in [0.05, 0.1) is 5.54 Å². The summed E-state index contributed by atoms with van der Waals surface area (Å²) in [6.07, 6.45) is 7.20. The number of hydrogen-bond acceptors (Lipinski definition) is 3. The van der Waals surface area contributed by atoms with Gasteiger partial charge in [-0.2, -0.15) is 0 Å². The molecule has 2 rings (SSSR count). The van der Waals surface area contributed by atoms with Gasteiger partial charge in [0.25, 0.3) is 0 Å². The Hall–Kier alpha value is -1.09. The zero-order valence-corrected chi connectivity index (χ0v) is 10.6. The molecule has 1 aromatic heterocycles. The lowest BCUT2D eigenvalue weighted by Gasteiger charge is -2.27. The molecule has 0 atom stereocenters. The molecule has 0 aliphatic heterocycles. The molecule has 1 aliphatic rings. The van der Waals surface area contributed by atoms with Crippen molar-refractivity contribution in [2.75, 3.05) is 6.61 Å². The first-order valence-corrected chi connectivity index (χ1v) is 6.53. The highest BCUT2D eigenvalue weighted by Gasteiger charge is 2.27. The summed E-state index contributed by atoms with van der Waals surface area (Å²) < 4.78 is 5.75. The number of rotatable bonds is 3. The van der Waals surface area contributed by atoms with Crippen LogP contribution in [0.15, 0.2) is 18.2 Å². The number of hydrogen-bond donors (Lipinski definition) is 1. The molecule has 2 N–H and O–H groups in total. The monoisotopic (exact) mass is 234 g/mol. The van der Waals surface area contributed by atoms with E-state index in [1.807, 2.05) is 25.1 Å². The summed E-state index contributed by atoms with van der Waals surface area (Å²) in [6.45, 7) is 2.56. The molecule has 17 heavy (non-hydrogen) atoms. The lowest BCUT2D eigenvalue weighted by atomic mass is 9.93. The largest absolute Gasteiger partial charge is 0.476 e. The van der Waals surface area contributed by atoms with Gasteiger partial charge < -0.3 is 10.5 Å². The highest BCUT2D eigenvalue weighted by molar-refractivity contribution is 5.14. The Labute approximate surface area is 103 Å². The van der Waals surface area contributed by atoms with Crippen molar-refractivity contribution in [2.24, 2.45) is 5.73 Å². The van der Waals surface area contributed by atoms with Crippen molar-refractivity contribution in [3.8, 4) is 5.88 Å². The quantitative estimate of drug-likeness (QED) is 0.818. The number of nitrogens with zero attached hydrogens (tertiary/aromatic N) is 1. The molecule has 0 unspecified atom stereocenters. The van der Waals surface area contributed by atoms with Crippen LogP contribution in [0, 0.1) is 6.92 Å². The van der Waals surface area contributed by atoms with E-state index >= 15 is 0 Å². The van der Waals surface area contributed by atoms with Gasteiger partial charge in [-0.15, -0.1) is 0 Å². The molecule has 1 fully saturated rings. The van der Waals surface area contributed by atoms with Gasteiger partial charge in [0.2, 0.25) is 5.88 Å². The lowest BCUT2D eigenvalue weighted by Crippen LogP contribution is -2.45. The molecule has 0 amide bonds. The molecule has 0 spiro atoms. The molecule has 94 valence electrons. The second kappa shape index (κ2) is 5.50. The smallest absolute Gasteiger partial charge is 0.213 e. The Bertz CT molecular complexity index is 357. The van der Waals surface area contributed by atoms with E-state index in [2.05, 4.69) is 4.98 Å². The van der Waals surface area contributed by atoms with E-state index in [9.17, 15) is 0 Å². The average Bonchev–Trinajstić information content (AvgIpc) is 2.53. The van der Waals surface area contributed by atoms with Crippen molar-refractivity contribution in [1.29, 1.82) is 0 Å². The van der Waals surface area contributed by atoms with Crippen LogP contribution < -0.4 is 10.5 Å². The topological polar surface area (TPSA) is 48.1 Å². The SMILES string of the molecule is Cc1cccc(OCC2(N)CCCCCC2)n1. The molecule has 3 heteroatoms. The van der Waals surface area contributed by atoms with Gasteiger partial charge in [-0.3, -0.25) is 0 Å². The van der Waals surface area contributed by atoms with Crippen LogP contribution in [0.1, 0.15) is 44.2 Å². The van der Waals surface area contributed by atoms with Crippen molar-refractivity contribution < 1.29 is 4.74 Å². The van der Waals surface area contributed by atoms with Gasteiger partial charge in [-0.1, -0.05) is 31.7 Å². The summed E-state index contributed by atoms with van der Waals surface area (Å²) in [5.74, 6) is 0.694. The van der Waals surface area contributed by atoms with E-state index < -0.39 is 0 Å². The Kier molecular flexibility index (Phi) is 4.00. The number of nitrogens with two attached hydrogens (primary N) is 1. The fourth-order valence-corrected chi connectivity index (χ4v) is 2.39. The second-order valence-corrected chi connectivity index (χ2v) is 5.18. The van der Waals surface area contributed by atoms with E-state index in [4.69, 9.17) is 10.5 Å². The molecule has 0 radical (unpaired) electrons. The van der Waals surface area contributed by atoms with Gasteiger partial charge in [-0.05, 0) is 25.8 Å². The highest BCUT2D eigenvalue weighted by atomic mass is 16.5. The minimum Gasteiger partial charge on any atom is -0.476 e. The minimum absolute atomic E-state index is 0.151. The normalized spacial score (nSPS) is 19.6. The second-order valence-electron chi connectivity index (χ2n) is 5.18. The molecule has 1 heterocycles. The van der Waals surface area contributed by atoms with E-state index in [-0.39, 0.29) is 5.54 Å². The third-order valence-electron chi connectivity index (χ3n) is 3.47. The van der Waals surface area contributed by atoms with Gasteiger partial charge in [-0.25, -0.2) is 4.98 Å². The van der Waals surface area contributed by atoms with Crippen LogP contribution >= 0.6 is 0 Å². The van der Waals surface area contributed by atoms with E-state index in [1.165, 1.54) is 25.7 Å². The standard InChI is InChI=1S/C14H22N2O/c1-12-7-6-8-13(16-12)17-11-14(15)9-4-2-3-5-10-14/h6-8H,2-5,9-11,15H2,1H3. The van der Waals surface area contributed by atoms with E-state index in [0.29, 0.717) is 12.5 Å². The van der Waals surface area contributed by atoms with Crippen LogP contribution in [-0.4, -0.2) is 17.1 Å². The number of aromatic nitrogens is 1. The fourth-order valence-electron chi connectivity index (χ4n) is 2.39. The average molecular weight is 234 g/mol. The van der Waals surface area contributed by atoms with Crippen molar-refractivity contribution in [3.63, 3.8) is 0 Å². The van der Waals surface area contributed by atoms with Crippen molar-refractivity contribution in [2.45, 2.75) is 51.0 Å². The van der Waals surface area contributed by atoms with Crippen molar-refractivity contribution in [3.05, 3.63) is 23.9 Å². The molecule has 0 aromatic carbocycles. The van der Waals surface area contributed by atoms with Crippen LogP contribution in [0.3, 0.4) is 0 Å². The van der Waals surface area contributed by atoms with Crippen LogP contribution in [0.5, 0.6) is 5.88 Å². The predicted octanol–water partition coefficient (Wildman–Crippen LogP) is 2.82. The highest BCUT2D eigenvalue weighted by Crippen LogP contribution is 2.25. The first-order valence-electron chi connectivity index (χ1n) is 6.53. The number of pyridine rings is 1. The molecule has 1 saturated carbocycles. The van der Waals surface area contributed by atoms with E-state index in [0.717, 1.165) is 18.5 Å². The first-order chi connectivity index (χ1) is 8.18. The maximum absolute atomic E-state index is 6.39. The maximum atomic E-state index is 6.39. The first kappa shape index (κ1) is 12.4. The summed E-state index contributed by atoms with van der Waals surface area (Å²) in [5.41, 5.74) is 7.22. The van der Waals surface area contributed by atoms with Crippen LogP contribution in [0.4, 0.5) is 0 Å². The Morgan fingerprint density at radius 2 is 1.94 bits per heavy atom. The fraction of sp³-hybridized carbons (Fsp3) is 0.643. The van der Waals surface area contributed by atoms with Gasteiger partial charge >= 0.3 is 0 Å². The van der Waals surface area contributed by atoms with Gasteiger partial charge in [0.1, 0.15) is 6.61 Å². The summed E-state index contributed by atoms with van der Waals surface area (Å²) >= 11 is 0. The van der Waals surface area contributed by atoms with Crippen LogP contribution in [0.2, 0.25) is 0 Å². The summed E-state index contributed by atoms with van der Waals surface area (Å²) in [6, 6.07) is 5.83. The third kappa shape index (κ3) is 3.70. The summed E-state index contributed by atoms with van der Waals surface area (Å²) in [5, 5.41) is 0. The van der Waals surface area contributed by atoms with Gasteiger partial charge in [0, 0.05) is 11.8 Å². The maximum Gasteiger partial charge on any atom is 0.213 e. The predicted molar refractivity (Wildman–Crippen MR) is 69.1 cm³/mol. The Balaban J connectivity index is 1.92. The molecule has 0 bridgehead atoms. The zero-order valence-electron chi connectivity index (χ0n) is 10.6. The van der Waals surface area contributed by atoms with Crippen LogP contribution in [0.25, 0.3) is 0 Å². The Morgan fingerprint density at radius 3 is 2.59 bits per heavy atom. The van der Waals surface area contributed by atoms with Crippen LogP contribution in [-0.2, 0) is 0 Å². The zero-order chi connectivity index (χ0) is 12.1. The molecular weight excluding hydrogens is 212 g/mol. The Morgan fingerprint density at radius 1 is 1.24 bits per heavy atom. The molecule has 1 aromatic rings. The molecule has 3 nitrogen and oxygen atoms in total. The number of ether oxygens (including phenoxy) is 1. The lowest BCUT2D eigenvalue weighted by molar-refractivity contribution is 0.193. The molecule has 1 aliphatic carbocycles. The van der Waals surface area contributed by atoms with Gasteiger partial charge in [0.15, 0.2) is 0 Å². The molecular formula is C14H22N2O. The minimum atomic E-state index is -0.151.